The molecule has 35 heavy (non-hydrogen) atoms. The normalized spacial score (nSPS) is 12.1. The molecule has 11 heteroatoms. The van der Waals surface area contributed by atoms with Crippen molar-refractivity contribution in [2.45, 2.75) is 19.8 Å². The average Bonchev–Trinajstić information content (AvgIpc) is 3.45. The fraction of sp³-hybridized carbons (Fsp3) is 0.208. The average molecular weight is 526 g/mol. The van der Waals surface area contributed by atoms with E-state index in [2.05, 4.69) is 15.3 Å². The van der Waals surface area contributed by atoms with Crippen molar-refractivity contribution in [1.29, 1.82) is 0 Å². The van der Waals surface area contributed by atoms with Gasteiger partial charge in [-0.1, -0.05) is 41.6 Å². The van der Waals surface area contributed by atoms with Gasteiger partial charge in [0.2, 0.25) is 0 Å². The number of esters is 1. The number of aryl methyl sites for hydroxylation is 1. The van der Waals surface area contributed by atoms with Crippen LogP contribution >= 0.6 is 34.7 Å². The minimum Gasteiger partial charge on any atom is -0.465 e. The minimum atomic E-state index is -0.466. The maximum atomic E-state index is 12.1. The van der Waals surface area contributed by atoms with Crippen LogP contribution in [0.3, 0.4) is 0 Å². The second-order valence-corrected chi connectivity index (χ2v) is 10.3. The van der Waals surface area contributed by atoms with Crippen molar-refractivity contribution in [3.05, 3.63) is 64.6 Å². The number of pyridine rings is 1. The number of fused-ring (bicyclic) bond motifs is 3. The molecule has 8 nitrogen and oxygen atoms in total. The second-order valence-electron chi connectivity index (χ2n) is 7.63. The molecule has 1 amide bonds. The lowest BCUT2D eigenvalue weighted by Crippen LogP contribution is -2.07. The van der Waals surface area contributed by atoms with Gasteiger partial charge < -0.3 is 4.74 Å². The van der Waals surface area contributed by atoms with Gasteiger partial charge in [-0.3, -0.25) is 15.1 Å². The molecule has 1 N–H and O–H groups in total. The number of halogens is 1. The molecule has 0 unspecified atom stereocenters. The highest BCUT2D eigenvalue weighted by atomic mass is 35.5. The van der Waals surface area contributed by atoms with E-state index in [1.54, 1.807) is 35.3 Å². The van der Waals surface area contributed by atoms with Crippen molar-refractivity contribution in [3.63, 3.8) is 0 Å². The summed E-state index contributed by atoms with van der Waals surface area (Å²) in [6.07, 6.45) is 4.96. The number of aromatic nitrogens is 4. The van der Waals surface area contributed by atoms with E-state index in [1.807, 2.05) is 19.1 Å². The number of ether oxygens (including phenoxy) is 1. The van der Waals surface area contributed by atoms with Gasteiger partial charge in [0.05, 0.1) is 45.3 Å². The summed E-state index contributed by atoms with van der Waals surface area (Å²) in [5, 5.41) is 8.61. The number of amides is 1. The minimum absolute atomic E-state index is 0.134. The van der Waals surface area contributed by atoms with Crippen LogP contribution in [0.2, 0.25) is 5.02 Å². The fourth-order valence-corrected chi connectivity index (χ4v) is 5.83. The van der Waals surface area contributed by atoms with Crippen LogP contribution in [-0.4, -0.2) is 43.8 Å². The number of nitrogens with one attached hydrogen (secondary N) is 1. The van der Waals surface area contributed by atoms with Gasteiger partial charge in [-0.05, 0) is 48.9 Å². The maximum Gasteiger partial charge on any atom is 0.337 e. The topological polar surface area (TPSA) is 99.0 Å². The summed E-state index contributed by atoms with van der Waals surface area (Å²) in [6, 6.07) is 8.83. The van der Waals surface area contributed by atoms with Crippen LogP contribution in [0.4, 0.5) is 9.93 Å². The number of thiazole rings is 1. The Labute approximate surface area is 214 Å². The largest absolute Gasteiger partial charge is 0.465 e. The van der Waals surface area contributed by atoms with Gasteiger partial charge in [-0.2, -0.15) is 5.10 Å². The number of nitrogens with zero attached hydrogens (tertiary/aromatic N) is 4. The van der Waals surface area contributed by atoms with Gasteiger partial charge in [0, 0.05) is 23.5 Å². The molecule has 0 bridgehead atoms. The second kappa shape index (κ2) is 9.80. The number of hydrogen-bond acceptors (Lipinski definition) is 8. The van der Waals surface area contributed by atoms with Crippen molar-refractivity contribution in [2.75, 3.05) is 18.2 Å². The number of rotatable bonds is 5. The molecule has 0 aliphatic heterocycles. The zero-order valence-corrected chi connectivity index (χ0v) is 21.3. The molecule has 4 aromatic rings. The summed E-state index contributed by atoms with van der Waals surface area (Å²) in [5.41, 5.74) is 5.52. The van der Waals surface area contributed by atoms with Crippen LogP contribution in [0.1, 0.15) is 28.5 Å². The van der Waals surface area contributed by atoms with Crippen molar-refractivity contribution in [1.82, 2.24) is 19.7 Å². The van der Waals surface area contributed by atoms with Crippen LogP contribution in [0.5, 0.6) is 0 Å². The molecule has 0 radical (unpaired) electrons. The van der Waals surface area contributed by atoms with Gasteiger partial charge in [0.25, 0.3) is 5.24 Å². The highest BCUT2D eigenvalue weighted by molar-refractivity contribution is 8.13. The summed E-state index contributed by atoms with van der Waals surface area (Å²) >= 11 is 9.27. The van der Waals surface area contributed by atoms with E-state index < -0.39 is 5.97 Å². The van der Waals surface area contributed by atoms with Gasteiger partial charge >= 0.3 is 5.97 Å². The van der Waals surface area contributed by atoms with E-state index in [-0.39, 0.29) is 5.24 Å². The zero-order chi connectivity index (χ0) is 24.5. The number of thioether (sulfide) groups is 1. The molecule has 3 heterocycles. The Hall–Kier alpha value is -3.21. The van der Waals surface area contributed by atoms with E-state index in [4.69, 9.17) is 21.4 Å². The van der Waals surface area contributed by atoms with Crippen molar-refractivity contribution < 1.29 is 14.3 Å². The van der Waals surface area contributed by atoms with E-state index >= 15 is 0 Å². The zero-order valence-electron chi connectivity index (χ0n) is 18.9. The Bertz CT molecular complexity index is 1430. The summed E-state index contributed by atoms with van der Waals surface area (Å²) in [4.78, 5) is 34.0. The van der Waals surface area contributed by atoms with Gasteiger partial charge in [0.15, 0.2) is 5.13 Å². The summed E-state index contributed by atoms with van der Waals surface area (Å²) in [6.45, 7) is 1.93. The van der Waals surface area contributed by atoms with Crippen LogP contribution in [-0.2, 0) is 17.6 Å². The molecule has 0 fully saturated rings. The van der Waals surface area contributed by atoms with Crippen molar-refractivity contribution in [3.8, 4) is 27.5 Å². The molecule has 178 valence electrons. The first-order chi connectivity index (χ1) is 17.0. The van der Waals surface area contributed by atoms with E-state index in [1.165, 1.54) is 30.2 Å². The summed E-state index contributed by atoms with van der Waals surface area (Å²) in [5.74, 6) is 0.217. The number of benzene rings is 1. The molecule has 5 rings (SSSR count). The highest BCUT2D eigenvalue weighted by Gasteiger charge is 2.30. The van der Waals surface area contributed by atoms with Crippen LogP contribution in [0.25, 0.3) is 27.5 Å². The van der Waals surface area contributed by atoms with E-state index in [0.29, 0.717) is 27.2 Å². The number of methoxy groups -OCH3 is 1. The Morgan fingerprint density at radius 1 is 1.29 bits per heavy atom. The third kappa shape index (κ3) is 4.44. The molecule has 0 spiro atoms. The van der Waals surface area contributed by atoms with Crippen molar-refractivity contribution in [2.24, 2.45) is 0 Å². The fourth-order valence-electron chi connectivity index (χ4n) is 4.01. The van der Waals surface area contributed by atoms with Crippen LogP contribution in [0.15, 0.2) is 42.7 Å². The highest BCUT2D eigenvalue weighted by Crippen LogP contribution is 2.44. The molecular formula is C24H20ClN5O3S2. The lowest BCUT2D eigenvalue weighted by molar-refractivity contribution is 0.0600. The predicted molar refractivity (Wildman–Crippen MR) is 139 cm³/mol. The monoisotopic (exact) mass is 525 g/mol. The molecule has 1 aliphatic carbocycles. The quantitative estimate of drug-likeness (QED) is 0.325. The van der Waals surface area contributed by atoms with E-state index in [9.17, 15) is 9.59 Å². The summed E-state index contributed by atoms with van der Waals surface area (Å²) in [7, 11) is 1.33. The Kier molecular flexibility index (Phi) is 6.59. The smallest absolute Gasteiger partial charge is 0.337 e. The molecule has 0 saturated heterocycles. The Morgan fingerprint density at radius 3 is 2.86 bits per heavy atom. The molecule has 1 aromatic carbocycles. The first-order valence-electron chi connectivity index (χ1n) is 10.8. The molecular weight excluding hydrogens is 506 g/mol. The number of carbonyl (C=O) groups excluding carboxylic acids is 2. The SMILES string of the molecule is CCSC(=O)Nc1nc2c(s1)-c1c(c(-c3cccnc3)nn1-c1ccc(C(=O)OC)cc1Cl)CC2. The lowest BCUT2D eigenvalue weighted by atomic mass is 9.95. The van der Waals surface area contributed by atoms with Crippen molar-refractivity contribution >= 4 is 51.0 Å². The Morgan fingerprint density at radius 2 is 2.14 bits per heavy atom. The third-order valence-electron chi connectivity index (χ3n) is 5.52. The molecule has 3 aromatic heterocycles. The lowest BCUT2D eigenvalue weighted by Gasteiger charge is -2.15. The maximum absolute atomic E-state index is 12.1. The molecule has 0 atom stereocenters. The number of hydrogen-bond donors (Lipinski definition) is 1. The molecule has 0 saturated carbocycles. The predicted octanol–water partition coefficient (Wildman–Crippen LogP) is 5.88. The van der Waals surface area contributed by atoms with Gasteiger partial charge in [-0.15, -0.1) is 0 Å². The molecule has 1 aliphatic rings. The first kappa shape index (κ1) is 23.5. The number of anilines is 1. The Balaban J connectivity index is 1.67. The van der Waals surface area contributed by atoms with Gasteiger partial charge in [-0.25, -0.2) is 14.5 Å². The first-order valence-corrected chi connectivity index (χ1v) is 13.0. The van der Waals surface area contributed by atoms with Crippen LogP contribution < -0.4 is 5.32 Å². The van der Waals surface area contributed by atoms with E-state index in [0.717, 1.165) is 45.9 Å². The van der Waals surface area contributed by atoms with Gasteiger partial charge in [0.1, 0.15) is 0 Å². The standard InChI is InChI=1S/C24H20ClN5O3S2/c1-3-34-24(32)28-23-27-17-8-7-15-19(14-5-4-10-26-12-14)29-30(20(15)21(17)35-23)18-9-6-13(11-16(18)25)22(31)33-2/h4-6,9-12H,3,7-8H2,1-2H3,(H,27,28,32). The number of carbonyl (C=O) groups is 2. The summed E-state index contributed by atoms with van der Waals surface area (Å²) < 4.78 is 6.61. The van der Waals surface area contributed by atoms with Crippen LogP contribution in [0, 0.1) is 0 Å². The third-order valence-corrected chi connectivity index (χ3v) is 7.50.